The summed E-state index contributed by atoms with van der Waals surface area (Å²) in [6.45, 7) is 3.16. The maximum absolute atomic E-state index is 12.7. The minimum atomic E-state index is -4.47. The smallest absolute Gasteiger partial charge is 0.417 e. The maximum atomic E-state index is 12.7. The first kappa shape index (κ1) is 18.9. The first-order valence-electron chi connectivity index (χ1n) is 7.76. The minimum Gasteiger partial charge on any atom is -0.477 e. The van der Waals surface area contributed by atoms with Crippen LogP contribution in [-0.2, 0) is 12.7 Å². The van der Waals surface area contributed by atoms with Crippen LogP contribution in [-0.4, -0.2) is 47.1 Å². The Morgan fingerprint density at radius 1 is 1.27 bits per heavy atom. The predicted octanol–water partition coefficient (Wildman–Crippen LogP) is 3.84. The number of carboxylic acid groups (broad SMARTS) is 1. The highest BCUT2D eigenvalue weighted by molar-refractivity contribution is 7.13. The topological polar surface area (TPSA) is 56.7 Å². The van der Waals surface area contributed by atoms with E-state index in [9.17, 15) is 18.0 Å². The summed E-state index contributed by atoms with van der Waals surface area (Å²) in [7, 11) is 0. The summed E-state index contributed by atoms with van der Waals surface area (Å²) >= 11 is 7.24. The van der Waals surface area contributed by atoms with E-state index in [1.807, 2.05) is 4.90 Å². The molecule has 1 aliphatic heterocycles. The van der Waals surface area contributed by atoms with Gasteiger partial charge in [-0.1, -0.05) is 11.6 Å². The van der Waals surface area contributed by atoms with Crippen LogP contribution in [0, 0.1) is 0 Å². The lowest BCUT2D eigenvalue weighted by Crippen LogP contribution is -2.46. The Bertz CT molecular complexity index is 804. The van der Waals surface area contributed by atoms with Gasteiger partial charge in [0.15, 0.2) is 0 Å². The first-order valence-corrected chi connectivity index (χ1v) is 8.95. The van der Waals surface area contributed by atoms with Gasteiger partial charge in [-0.2, -0.15) is 13.2 Å². The molecule has 3 rings (SSSR count). The normalized spacial score (nSPS) is 16.1. The van der Waals surface area contributed by atoms with Gasteiger partial charge in [0.1, 0.15) is 10.7 Å². The minimum absolute atomic E-state index is 0.0161. The van der Waals surface area contributed by atoms with Gasteiger partial charge in [-0.05, 0) is 18.2 Å². The van der Waals surface area contributed by atoms with Crippen molar-refractivity contribution in [3.05, 3.63) is 44.7 Å². The molecule has 0 aromatic carbocycles. The second-order valence-electron chi connectivity index (χ2n) is 5.86. The van der Waals surface area contributed by atoms with Gasteiger partial charge >= 0.3 is 12.1 Å². The highest BCUT2D eigenvalue weighted by Crippen LogP contribution is 2.33. The van der Waals surface area contributed by atoms with E-state index in [1.54, 1.807) is 12.1 Å². The molecule has 0 spiro atoms. The number of piperazine rings is 1. The van der Waals surface area contributed by atoms with Gasteiger partial charge in [-0.3, -0.25) is 4.90 Å². The van der Waals surface area contributed by atoms with Crippen molar-refractivity contribution in [2.75, 3.05) is 31.1 Å². The molecule has 26 heavy (non-hydrogen) atoms. The van der Waals surface area contributed by atoms with Crippen LogP contribution in [0.15, 0.2) is 24.4 Å². The fourth-order valence-corrected chi connectivity index (χ4v) is 3.91. The van der Waals surface area contributed by atoms with E-state index in [1.165, 1.54) is 11.3 Å². The van der Waals surface area contributed by atoms with Crippen LogP contribution in [0.3, 0.4) is 0 Å². The quantitative estimate of drug-likeness (QED) is 0.837. The number of carboxylic acids is 1. The average Bonchev–Trinajstić information content (AvgIpc) is 3.04. The summed E-state index contributed by atoms with van der Waals surface area (Å²) < 4.78 is 38.1. The van der Waals surface area contributed by atoms with E-state index in [4.69, 9.17) is 16.7 Å². The van der Waals surface area contributed by atoms with Crippen LogP contribution < -0.4 is 4.90 Å². The van der Waals surface area contributed by atoms with Gasteiger partial charge in [0.05, 0.1) is 10.6 Å². The highest BCUT2D eigenvalue weighted by Gasteiger charge is 2.32. The molecule has 2 aromatic rings. The van der Waals surface area contributed by atoms with E-state index < -0.39 is 17.7 Å². The van der Waals surface area contributed by atoms with Crippen LogP contribution >= 0.6 is 22.9 Å². The molecule has 0 radical (unpaired) electrons. The molecule has 0 amide bonds. The van der Waals surface area contributed by atoms with Crippen LogP contribution in [0.25, 0.3) is 0 Å². The number of hydrogen-bond donors (Lipinski definition) is 1. The lowest BCUT2D eigenvalue weighted by Gasteiger charge is -2.35. The predicted molar refractivity (Wildman–Crippen MR) is 93.0 cm³/mol. The molecular weight excluding hydrogens is 391 g/mol. The molecule has 1 N–H and O–H groups in total. The zero-order chi connectivity index (χ0) is 18.9. The van der Waals surface area contributed by atoms with E-state index in [-0.39, 0.29) is 5.02 Å². The van der Waals surface area contributed by atoms with E-state index in [2.05, 4.69) is 9.88 Å². The van der Waals surface area contributed by atoms with Gasteiger partial charge in [0.2, 0.25) is 0 Å². The van der Waals surface area contributed by atoms with Gasteiger partial charge in [-0.15, -0.1) is 11.3 Å². The Hall–Kier alpha value is -1.84. The van der Waals surface area contributed by atoms with E-state index >= 15 is 0 Å². The fourth-order valence-electron chi connectivity index (χ4n) is 2.73. The number of hydrogen-bond acceptors (Lipinski definition) is 5. The number of aromatic carboxylic acids is 1. The third-order valence-electron chi connectivity index (χ3n) is 4.07. The first-order chi connectivity index (χ1) is 12.2. The highest BCUT2D eigenvalue weighted by atomic mass is 35.5. The lowest BCUT2D eigenvalue weighted by molar-refractivity contribution is -0.137. The molecule has 0 aliphatic carbocycles. The van der Waals surface area contributed by atoms with Crippen molar-refractivity contribution in [1.29, 1.82) is 0 Å². The van der Waals surface area contributed by atoms with Crippen molar-refractivity contribution < 1.29 is 23.1 Å². The van der Waals surface area contributed by atoms with E-state index in [0.717, 1.165) is 17.1 Å². The summed E-state index contributed by atoms with van der Waals surface area (Å²) in [5.74, 6) is -0.585. The summed E-state index contributed by atoms with van der Waals surface area (Å²) in [6.07, 6.45) is -3.67. The molecule has 140 valence electrons. The van der Waals surface area contributed by atoms with Crippen molar-refractivity contribution in [1.82, 2.24) is 9.88 Å². The number of alkyl halides is 3. The van der Waals surface area contributed by atoms with Crippen molar-refractivity contribution in [2.24, 2.45) is 0 Å². The van der Waals surface area contributed by atoms with Crippen molar-refractivity contribution in [3.8, 4) is 0 Å². The number of aromatic nitrogens is 1. The molecule has 1 aliphatic rings. The molecule has 0 saturated carbocycles. The fraction of sp³-hybridized carbons (Fsp3) is 0.375. The van der Waals surface area contributed by atoms with E-state index in [0.29, 0.717) is 43.4 Å². The Morgan fingerprint density at radius 3 is 2.50 bits per heavy atom. The number of thiophene rings is 1. The van der Waals surface area contributed by atoms with Gasteiger partial charge in [0, 0.05) is 43.8 Å². The molecule has 1 fully saturated rings. The Labute approximate surface area is 156 Å². The Kier molecular flexibility index (Phi) is 5.40. The van der Waals surface area contributed by atoms with Crippen LogP contribution in [0.1, 0.15) is 20.1 Å². The molecule has 5 nitrogen and oxygen atoms in total. The number of carbonyl (C=O) groups is 1. The number of pyridine rings is 1. The van der Waals surface area contributed by atoms with Crippen molar-refractivity contribution in [3.63, 3.8) is 0 Å². The second kappa shape index (κ2) is 7.42. The van der Waals surface area contributed by atoms with Crippen LogP contribution in [0.4, 0.5) is 19.0 Å². The molecule has 3 heterocycles. The Balaban J connectivity index is 1.60. The molecular formula is C16H15ClF3N3O2S. The second-order valence-corrected chi connectivity index (χ2v) is 7.44. The summed E-state index contributed by atoms with van der Waals surface area (Å²) in [5, 5.41) is 8.94. The lowest BCUT2D eigenvalue weighted by atomic mass is 10.2. The number of rotatable bonds is 4. The van der Waals surface area contributed by atoms with Gasteiger partial charge in [0.25, 0.3) is 0 Å². The molecule has 1 saturated heterocycles. The molecule has 10 heteroatoms. The van der Waals surface area contributed by atoms with Crippen molar-refractivity contribution in [2.45, 2.75) is 12.7 Å². The number of anilines is 1. The van der Waals surface area contributed by atoms with Crippen LogP contribution in [0.2, 0.25) is 5.02 Å². The summed E-state index contributed by atoms with van der Waals surface area (Å²) in [5.41, 5.74) is -0.864. The number of nitrogens with zero attached hydrogens (tertiary/aromatic N) is 3. The number of halogens is 4. The molecule has 0 unspecified atom stereocenters. The third-order valence-corrected chi connectivity index (χ3v) is 5.41. The molecule has 0 bridgehead atoms. The summed E-state index contributed by atoms with van der Waals surface area (Å²) in [4.78, 5) is 20.1. The molecule has 0 atom stereocenters. The third kappa shape index (κ3) is 4.28. The SMILES string of the molecule is O=C(O)c1ccc(CN2CCN(c3ncc(C(F)(F)F)cc3Cl)CC2)s1. The zero-order valence-electron chi connectivity index (χ0n) is 13.5. The van der Waals surface area contributed by atoms with Gasteiger partial charge in [-0.25, -0.2) is 9.78 Å². The maximum Gasteiger partial charge on any atom is 0.417 e. The monoisotopic (exact) mass is 405 g/mol. The van der Waals surface area contributed by atoms with Gasteiger partial charge < -0.3 is 10.0 Å². The van der Waals surface area contributed by atoms with Crippen LogP contribution in [0.5, 0.6) is 0 Å². The average molecular weight is 406 g/mol. The van der Waals surface area contributed by atoms with Crippen molar-refractivity contribution >= 4 is 34.7 Å². The molecule has 2 aromatic heterocycles. The summed E-state index contributed by atoms with van der Waals surface area (Å²) in [6, 6.07) is 4.29. The largest absolute Gasteiger partial charge is 0.477 e. The zero-order valence-corrected chi connectivity index (χ0v) is 15.0. The standard InChI is InChI=1S/C16H15ClF3N3O2S/c17-12-7-10(16(18,19)20)8-21-14(12)23-5-3-22(4-6-23)9-11-1-2-13(26-11)15(24)25/h1-2,7-8H,3-6,9H2,(H,24,25). The Morgan fingerprint density at radius 2 is 1.96 bits per heavy atom.